The minimum atomic E-state index is 0.891. The van der Waals surface area contributed by atoms with Crippen LogP contribution in [0, 0.1) is 0 Å². The number of fused-ring (bicyclic) bond motifs is 3. The fourth-order valence-corrected chi connectivity index (χ4v) is 4.60. The van der Waals surface area contributed by atoms with E-state index in [1.54, 1.807) is 0 Å². The van der Waals surface area contributed by atoms with Gasteiger partial charge in [-0.2, -0.15) is 0 Å². The van der Waals surface area contributed by atoms with Gasteiger partial charge in [0.1, 0.15) is 5.82 Å². The Labute approximate surface area is 192 Å². The van der Waals surface area contributed by atoms with Crippen molar-refractivity contribution in [1.29, 1.82) is 0 Å². The number of hydrogen-bond donors (Lipinski definition) is 0. The summed E-state index contributed by atoms with van der Waals surface area (Å²) >= 11 is 0. The van der Waals surface area contributed by atoms with Crippen molar-refractivity contribution in [3.05, 3.63) is 108 Å². The summed E-state index contributed by atoms with van der Waals surface area (Å²) < 4.78 is 0. The predicted molar refractivity (Wildman–Crippen MR) is 141 cm³/mol. The first-order chi connectivity index (χ1) is 15.7. The van der Waals surface area contributed by atoms with Crippen LogP contribution in [0.4, 0.5) is 17.2 Å². The van der Waals surface area contributed by atoms with Crippen molar-refractivity contribution in [1.82, 2.24) is 4.98 Å². The molecule has 0 atom stereocenters. The number of hydrogen-bond acceptors (Lipinski definition) is 3. The molecule has 3 aromatic rings. The summed E-state index contributed by atoms with van der Waals surface area (Å²) in [6, 6.07) is 23.0. The van der Waals surface area contributed by atoms with Gasteiger partial charge in [0, 0.05) is 28.5 Å². The molecule has 4 heteroatoms. The van der Waals surface area contributed by atoms with Gasteiger partial charge >= 0.3 is 0 Å². The first-order valence-corrected chi connectivity index (χ1v) is 11.6. The molecule has 1 aliphatic rings. The van der Waals surface area contributed by atoms with Gasteiger partial charge < -0.3 is 0 Å². The van der Waals surface area contributed by atoms with Gasteiger partial charge in [-0.25, -0.2) is 4.98 Å². The van der Waals surface area contributed by atoms with E-state index >= 15 is 0 Å². The van der Waals surface area contributed by atoms with Crippen molar-refractivity contribution in [2.24, 2.45) is 4.99 Å². The van der Waals surface area contributed by atoms with Crippen LogP contribution in [0.15, 0.2) is 102 Å². The Balaban J connectivity index is 2.04. The first kappa shape index (κ1) is 21.7. The van der Waals surface area contributed by atoms with E-state index in [9.17, 15) is 0 Å². The highest BCUT2D eigenvalue weighted by atomic mass is 31.1. The number of rotatable bonds is 3. The van der Waals surface area contributed by atoms with Gasteiger partial charge in [-0.15, -0.1) is 0 Å². The fourth-order valence-electron chi connectivity index (χ4n) is 3.59. The van der Waals surface area contributed by atoms with E-state index in [4.69, 9.17) is 4.98 Å². The maximum atomic E-state index is 5.04. The van der Waals surface area contributed by atoms with Crippen molar-refractivity contribution in [2.45, 2.75) is 20.8 Å². The molecule has 0 fully saturated rings. The van der Waals surface area contributed by atoms with Gasteiger partial charge in [-0.1, -0.05) is 68.9 Å². The van der Waals surface area contributed by atoms with Crippen molar-refractivity contribution >= 4 is 47.8 Å². The van der Waals surface area contributed by atoms with E-state index < -0.39 is 0 Å². The number of aliphatic imine (C=N–C) groups is 1. The average molecular weight is 436 g/mol. The lowest BCUT2D eigenvalue weighted by Gasteiger charge is -2.27. The number of benzene rings is 2. The van der Waals surface area contributed by atoms with Gasteiger partial charge in [-0.3, -0.25) is 9.89 Å². The number of anilines is 3. The quantitative estimate of drug-likeness (QED) is 0.320. The number of pyridine rings is 1. The molecule has 158 valence electrons. The summed E-state index contributed by atoms with van der Waals surface area (Å²) in [7, 11) is 1.09. The molecule has 0 saturated heterocycles. The molecule has 32 heavy (non-hydrogen) atoms. The molecule has 2 aromatic carbocycles. The van der Waals surface area contributed by atoms with E-state index in [1.807, 2.05) is 25.3 Å². The molecule has 1 aromatic heterocycles. The van der Waals surface area contributed by atoms with Crippen LogP contribution in [-0.4, -0.2) is 16.5 Å². The molecule has 0 radical (unpaired) electrons. The minimum absolute atomic E-state index is 0.891. The Morgan fingerprint density at radius 2 is 1.78 bits per heavy atom. The van der Waals surface area contributed by atoms with Crippen LogP contribution in [0.2, 0.25) is 0 Å². The first-order valence-electron chi connectivity index (χ1n) is 10.7. The van der Waals surface area contributed by atoms with E-state index in [-0.39, 0.29) is 0 Å². The Hall–Kier alpha value is -3.55. The van der Waals surface area contributed by atoms with Gasteiger partial charge in [0.2, 0.25) is 0 Å². The third-order valence-electron chi connectivity index (χ3n) is 5.19. The number of para-hydroxylation sites is 1. The predicted octanol–water partition coefficient (Wildman–Crippen LogP) is 7.24. The molecule has 4 rings (SSSR count). The fraction of sp³-hybridized carbons (Fsp3) is 0.107. The van der Waals surface area contributed by atoms with Crippen LogP contribution in [0.25, 0.3) is 5.57 Å². The highest BCUT2D eigenvalue weighted by Crippen LogP contribution is 2.35. The molecule has 3 nitrogen and oxygen atoms in total. The summed E-state index contributed by atoms with van der Waals surface area (Å²) in [4.78, 5) is 11.9. The third kappa shape index (κ3) is 4.69. The van der Waals surface area contributed by atoms with Gasteiger partial charge in [-0.05, 0) is 62.5 Å². The molecule has 0 N–H and O–H groups in total. The molecule has 2 heterocycles. The van der Waals surface area contributed by atoms with Crippen LogP contribution < -0.4 is 10.2 Å². The van der Waals surface area contributed by atoms with Crippen LogP contribution in [-0.2, 0) is 0 Å². The molecule has 0 spiro atoms. The van der Waals surface area contributed by atoms with Crippen molar-refractivity contribution in [3.63, 3.8) is 0 Å². The third-order valence-corrected chi connectivity index (χ3v) is 6.24. The Bertz CT molecular complexity index is 1250. The summed E-state index contributed by atoms with van der Waals surface area (Å²) in [6.45, 7) is 6.14. The van der Waals surface area contributed by atoms with E-state index in [0.29, 0.717) is 0 Å². The van der Waals surface area contributed by atoms with Crippen LogP contribution in [0.1, 0.15) is 32.0 Å². The zero-order valence-electron chi connectivity index (χ0n) is 18.6. The lowest BCUT2D eigenvalue weighted by molar-refractivity contribution is 1.16. The highest BCUT2D eigenvalue weighted by molar-refractivity contribution is 7.48. The van der Waals surface area contributed by atoms with Gasteiger partial charge in [0.15, 0.2) is 0 Å². The summed E-state index contributed by atoms with van der Waals surface area (Å²) in [5.41, 5.74) is 6.39. The maximum absolute atomic E-state index is 5.04. The monoisotopic (exact) mass is 435 g/mol. The molecule has 0 saturated carbocycles. The topological polar surface area (TPSA) is 28.5 Å². The standard InChI is InChI=1S/C28H26N3P/c1-4-19-29-22(3)24-15-10-17-26-28(24)32-20-9-8-12-21(2)25-16-11-18-27(30-25)31(26)23-13-6-5-7-14-23/h4-20H,1-3H3/b9-8-,19-4-,21-12+,29-22?. The summed E-state index contributed by atoms with van der Waals surface area (Å²) in [5, 5.41) is 1.19. The SMILES string of the molecule is C/C=C\N=C(C)c1cccc2c1P=C/C=C\C=C(/C)c1cccc(n1)N2c1ccccc1. The Kier molecular flexibility index (Phi) is 6.89. The highest BCUT2D eigenvalue weighted by Gasteiger charge is 2.19. The molecule has 2 bridgehead atoms. The second kappa shape index (κ2) is 10.2. The number of nitrogens with zero attached hydrogens (tertiary/aromatic N) is 3. The molecular formula is C28H26N3P. The second-order valence-electron chi connectivity index (χ2n) is 7.43. The van der Waals surface area contributed by atoms with E-state index in [1.165, 1.54) is 5.30 Å². The van der Waals surface area contributed by atoms with Crippen LogP contribution in [0.5, 0.6) is 0 Å². The molecule has 0 amide bonds. The zero-order chi connectivity index (χ0) is 22.3. The van der Waals surface area contributed by atoms with Crippen molar-refractivity contribution in [2.75, 3.05) is 4.90 Å². The minimum Gasteiger partial charge on any atom is -0.294 e. The average Bonchev–Trinajstić information content (AvgIpc) is 2.83. The lowest BCUT2D eigenvalue weighted by atomic mass is 10.1. The molecule has 1 aliphatic heterocycles. The number of aromatic nitrogens is 1. The maximum Gasteiger partial charge on any atom is 0.138 e. The molecular weight excluding hydrogens is 409 g/mol. The number of allylic oxidation sites excluding steroid dienone is 5. The van der Waals surface area contributed by atoms with Crippen LogP contribution in [0.3, 0.4) is 0 Å². The van der Waals surface area contributed by atoms with Crippen molar-refractivity contribution in [3.8, 4) is 0 Å². The Morgan fingerprint density at radius 3 is 2.59 bits per heavy atom. The molecule has 0 unspecified atom stereocenters. The van der Waals surface area contributed by atoms with Gasteiger partial charge in [0.05, 0.1) is 11.4 Å². The van der Waals surface area contributed by atoms with Crippen molar-refractivity contribution < 1.29 is 0 Å². The normalized spacial score (nSPS) is 17.2. The largest absolute Gasteiger partial charge is 0.294 e. The van der Waals surface area contributed by atoms with Gasteiger partial charge in [0.25, 0.3) is 0 Å². The second-order valence-corrected chi connectivity index (χ2v) is 8.44. The summed E-state index contributed by atoms with van der Waals surface area (Å²) in [5.74, 6) is 3.07. The zero-order valence-corrected chi connectivity index (χ0v) is 19.5. The summed E-state index contributed by atoms with van der Waals surface area (Å²) in [6.07, 6.45) is 10.1. The van der Waals surface area contributed by atoms with Crippen LogP contribution >= 0.6 is 8.20 Å². The smallest absolute Gasteiger partial charge is 0.138 e. The van der Waals surface area contributed by atoms with E-state index in [2.05, 4.69) is 108 Å². The van der Waals surface area contributed by atoms with E-state index in [0.717, 1.165) is 47.9 Å². The molecule has 0 aliphatic carbocycles. The Morgan fingerprint density at radius 1 is 0.969 bits per heavy atom. The lowest BCUT2D eigenvalue weighted by Crippen LogP contribution is -2.21.